The maximum atomic E-state index is 11.0. The first-order valence-electron chi connectivity index (χ1n) is 5.29. The molecule has 4 nitrogen and oxygen atoms in total. The van der Waals surface area contributed by atoms with Gasteiger partial charge in [-0.2, -0.15) is 0 Å². The molecule has 0 amide bonds. The predicted octanol–water partition coefficient (Wildman–Crippen LogP) is -0.826. The molecule has 0 radical (unpaired) electrons. The Bertz CT molecular complexity index is 626. The molecule has 6 heteroatoms. The monoisotopic (exact) mass is 286 g/mol. The summed E-state index contributed by atoms with van der Waals surface area (Å²) in [5.41, 5.74) is 0.899. The first kappa shape index (κ1) is 16.2. The molecule has 0 unspecified atom stereocenters. The second-order valence-corrected chi connectivity index (χ2v) is 5.02. The van der Waals surface area contributed by atoms with E-state index in [1.807, 2.05) is 30.3 Å². The van der Waals surface area contributed by atoms with Gasteiger partial charge in [0, 0.05) is 0 Å². The van der Waals surface area contributed by atoms with Crippen LogP contribution in [0.15, 0.2) is 59.5 Å². The summed E-state index contributed by atoms with van der Waals surface area (Å²) in [5, 5.41) is 0. The largest absolute Gasteiger partial charge is 1.00 e. The number of rotatable bonds is 4. The van der Waals surface area contributed by atoms with Crippen molar-refractivity contribution in [3.05, 3.63) is 60.2 Å². The minimum absolute atomic E-state index is 0. The SMILES string of the molecule is O=S(=O)([O-])c1ccccc1OCc1ccccc1.[Na+]. The number of benzene rings is 2. The van der Waals surface area contributed by atoms with Crippen molar-refractivity contribution in [2.24, 2.45) is 0 Å². The Kier molecular flexibility index (Phi) is 6.03. The van der Waals surface area contributed by atoms with E-state index in [1.54, 1.807) is 6.07 Å². The molecule has 0 aliphatic rings. The van der Waals surface area contributed by atoms with E-state index >= 15 is 0 Å². The molecule has 0 saturated heterocycles. The molecule has 0 atom stereocenters. The number of hydrogen-bond donors (Lipinski definition) is 0. The zero-order valence-electron chi connectivity index (χ0n) is 10.4. The topological polar surface area (TPSA) is 66.4 Å². The smallest absolute Gasteiger partial charge is 0.744 e. The van der Waals surface area contributed by atoms with E-state index in [4.69, 9.17) is 4.74 Å². The van der Waals surface area contributed by atoms with E-state index in [0.29, 0.717) is 0 Å². The molecule has 0 heterocycles. The molecule has 0 saturated carbocycles. The maximum absolute atomic E-state index is 11.0. The molecule has 19 heavy (non-hydrogen) atoms. The Hall–Kier alpha value is -0.850. The zero-order valence-corrected chi connectivity index (χ0v) is 13.3. The van der Waals surface area contributed by atoms with Crippen LogP contribution in [-0.2, 0) is 16.7 Å². The van der Waals surface area contributed by atoms with Gasteiger partial charge in [-0.25, -0.2) is 8.42 Å². The fourth-order valence-corrected chi connectivity index (χ4v) is 2.13. The van der Waals surface area contributed by atoms with Crippen LogP contribution in [0.4, 0.5) is 0 Å². The average molecular weight is 286 g/mol. The maximum Gasteiger partial charge on any atom is 1.00 e. The molecule has 0 spiro atoms. The van der Waals surface area contributed by atoms with Crippen LogP contribution in [0.2, 0.25) is 0 Å². The second-order valence-electron chi connectivity index (χ2n) is 3.68. The average Bonchev–Trinajstić information content (AvgIpc) is 2.37. The molecular formula is C13H11NaO4S. The third-order valence-corrected chi connectivity index (χ3v) is 3.23. The van der Waals surface area contributed by atoms with Gasteiger partial charge >= 0.3 is 29.6 Å². The Morgan fingerprint density at radius 3 is 2.16 bits per heavy atom. The van der Waals surface area contributed by atoms with Crippen LogP contribution in [0.5, 0.6) is 5.75 Å². The summed E-state index contributed by atoms with van der Waals surface area (Å²) in [6.07, 6.45) is 0. The third-order valence-electron chi connectivity index (χ3n) is 2.36. The molecule has 0 aliphatic carbocycles. The fraction of sp³-hybridized carbons (Fsp3) is 0.0769. The van der Waals surface area contributed by atoms with Crippen LogP contribution in [0.1, 0.15) is 5.56 Å². The molecule has 2 rings (SSSR count). The van der Waals surface area contributed by atoms with Gasteiger partial charge in [0.05, 0.1) is 4.90 Å². The summed E-state index contributed by atoms with van der Waals surface area (Å²) in [7, 11) is -4.51. The summed E-state index contributed by atoms with van der Waals surface area (Å²) < 4.78 is 38.5. The van der Waals surface area contributed by atoms with Gasteiger partial charge < -0.3 is 9.29 Å². The van der Waals surface area contributed by atoms with Crippen molar-refractivity contribution in [3.8, 4) is 5.75 Å². The van der Waals surface area contributed by atoms with Crippen LogP contribution in [0.3, 0.4) is 0 Å². The van der Waals surface area contributed by atoms with Gasteiger partial charge in [-0.15, -0.1) is 0 Å². The van der Waals surface area contributed by atoms with Crippen LogP contribution < -0.4 is 34.3 Å². The van der Waals surface area contributed by atoms with E-state index in [-0.39, 0.29) is 46.8 Å². The van der Waals surface area contributed by atoms with Gasteiger partial charge in [-0.1, -0.05) is 42.5 Å². The number of hydrogen-bond acceptors (Lipinski definition) is 4. The minimum atomic E-state index is -4.51. The van der Waals surface area contributed by atoms with Crippen molar-refractivity contribution < 1.29 is 47.3 Å². The Balaban J connectivity index is 0.00000180. The van der Waals surface area contributed by atoms with Gasteiger partial charge in [0.1, 0.15) is 22.5 Å². The van der Waals surface area contributed by atoms with Crippen molar-refractivity contribution in [2.75, 3.05) is 0 Å². The minimum Gasteiger partial charge on any atom is -0.744 e. The van der Waals surface area contributed by atoms with Crippen molar-refractivity contribution in [1.29, 1.82) is 0 Å². The van der Waals surface area contributed by atoms with E-state index in [0.717, 1.165) is 5.56 Å². The standard InChI is InChI=1S/C13H12O4S.Na/c14-18(15,16)13-9-5-4-8-12(13)17-10-11-6-2-1-3-7-11;/h1-9H,10H2,(H,14,15,16);/q;+1/p-1. The van der Waals surface area contributed by atoms with E-state index in [9.17, 15) is 13.0 Å². The fourth-order valence-electron chi connectivity index (χ4n) is 1.51. The normalized spacial score (nSPS) is 10.6. The van der Waals surface area contributed by atoms with Crippen LogP contribution in [0.25, 0.3) is 0 Å². The first-order valence-corrected chi connectivity index (χ1v) is 6.70. The Labute approximate surface area is 134 Å². The summed E-state index contributed by atoms with van der Waals surface area (Å²) in [5.74, 6) is 0.0800. The van der Waals surface area contributed by atoms with Crippen molar-refractivity contribution in [1.82, 2.24) is 0 Å². The Morgan fingerprint density at radius 1 is 0.947 bits per heavy atom. The second kappa shape index (κ2) is 7.07. The van der Waals surface area contributed by atoms with Gasteiger partial charge in [0.2, 0.25) is 0 Å². The summed E-state index contributed by atoms with van der Waals surface area (Å²) in [4.78, 5) is -0.332. The third kappa shape index (κ3) is 4.63. The first-order chi connectivity index (χ1) is 8.57. The Morgan fingerprint density at radius 2 is 1.53 bits per heavy atom. The van der Waals surface area contributed by atoms with Gasteiger partial charge in [0.15, 0.2) is 0 Å². The van der Waals surface area contributed by atoms with Crippen LogP contribution in [-0.4, -0.2) is 13.0 Å². The molecule has 0 N–H and O–H groups in total. The van der Waals surface area contributed by atoms with E-state index in [2.05, 4.69) is 0 Å². The molecule has 0 bridgehead atoms. The van der Waals surface area contributed by atoms with Gasteiger partial charge in [0.25, 0.3) is 0 Å². The molecule has 2 aromatic carbocycles. The van der Waals surface area contributed by atoms with E-state index in [1.165, 1.54) is 18.2 Å². The van der Waals surface area contributed by atoms with Gasteiger partial charge in [-0.05, 0) is 17.7 Å². The van der Waals surface area contributed by atoms with Crippen molar-refractivity contribution in [2.45, 2.75) is 11.5 Å². The molecule has 0 fully saturated rings. The molecule has 2 aromatic rings. The van der Waals surface area contributed by atoms with Gasteiger partial charge in [-0.3, -0.25) is 0 Å². The molecule has 0 aromatic heterocycles. The molecule has 94 valence electrons. The summed E-state index contributed by atoms with van der Waals surface area (Å²) >= 11 is 0. The zero-order chi connectivity index (χ0) is 13.0. The quantitative estimate of drug-likeness (QED) is 0.544. The van der Waals surface area contributed by atoms with E-state index < -0.39 is 10.1 Å². The number of ether oxygens (including phenoxy) is 1. The summed E-state index contributed by atoms with van der Waals surface area (Å²) in [6.45, 7) is 0.216. The molecular weight excluding hydrogens is 275 g/mol. The predicted molar refractivity (Wildman–Crippen MR) is 65.2 cm³/mol. The molecule has 0 aliphatic heterocycles. The van der Waals surface area contributed by atoms with Crippen LogP contribution in [0, 0.1) is 0 Å². The summed E-state index contributed by atoms with van der Waals surface area (Å²) in [6, 6.07) is 15.1. The number of para-hydroxylation sites is 1. The van der Waals surface area contributed by atoms with Crippen LogP contribution >= 0.6 is 0 Å². The van der Waals surface area contributed by atoms with Crippen molar-refractivity contribution >= 4 is 10.1 Å². The van der Waals surface area contributed by atoms with Crippen molar-refractivity contribution in [3.63, 3.8) is 0 Å².